The quantitative estimate of drug-likeness (QED) is 0.722. The normalized spacial score (nSPS) is 11.8. The molecule has 21 heavy (non-hydrogen) atoms. The average Bonchev–Trinajstić information content (AvgIpc) is 2.45. The van der Waals surface area contributed by atoms with Gasteiger partial charge in [-0.15, -0.1) is 0 Å². The summed E-state index contributed by atoms with van der Waals surface area (Å²) in [4.78, 5) is 13.1. The molecule has 0 saturated carbocycles. The fourth-order valence-electron chi connectivity index (χ4n) is 1.79. The number of ether oxygens (including phenoxy) is 1. The second-order valence-corrected chi connectivity index (χ2v) is 4.75. The number of rotatable bonds is 8. The second-order valence-electron chi connectivity index (χ2n) is 4.75. The monoisotopic (exact) mass is 291 g/mol. The lowest BCUT2D eigenvalue weighted by Crippen LogP contribution is -2.40. The number of benzene rings is 1. The average molecular weight is 291 g/mol. The third kappa shape index (κ3) is 6.75. The molecule has 0 saturated heterocycles. The highest BCUT2D eigenvalue weighted by molar-refractivity contribution is 5.77. The van der Waals surface area contributed by atoms with Crippen molar-refractivity contribution in [1.82, 2.24) is 10.2 Å². The lowest BCUT2D eigenvalue weighted by molar-refractivity contribution is -0.122. The predicted molar refractivity (Wildman–Crippen MR) is 78.8 cm³/mol. The van der Waals surface area contributed by atoms with Gasteiger partial charge in [0.05, 0.1) is 18.2 Å². The maximum Gasteiger partial charge on any atom is 0.234 e. The molecule has 0 bridgehead atoms. The molecule has 0 aliphatic rings. The van der Waals surface area contributed by atoms with E-state index in [1.807, 2.05) is 13.0 Å². The molecule has 0 aliphatic heterocycles. The number of hydrogen-bond donors (Lipinski definition) is 2. The molecule has 0 heterocycles. The summed E-state index contributed by atoms with van der Waals surface area (Å²) >= 11 is 0. The molecule has 1 rings (SSSR count). The maximum absolute atomic E-state index is 11.4. The van der Waals surface area contributed by atoms with E-state index in [0.29, 0.717) is 24.4 Å². The van der Waals surface area contributed by atoms with Crippen LogP contribution in [-0.4, -0.2) is 55.3 Å². The highest BCUT2D eigenvalue weighted by Crippen LogP contribution is 2.11. The van der Waals surface area contributed by atoms with Crippen LogP contribution in [0.4, 0.5) is 0 Å². The number of carbonyl (C=O) groups excluding carboxylic acids is 1. The Morgan fingerprint density at radius 3 is 2.71 bits per heavy atom. The van der Waals surface area contributed by atoms with Gasteiger partial charge in [0.2, 0.25) is 5.91 Å². The third-order valence-electron chi connectivity index (χ3n) is 2.74. The minimum atomic E-state index is -0.694. The van der Waals surface area contributed by atoms with Crippen LogP contribution >= 0.6 is 0 Å². The summed E-state index contributed by atoms with van der Waals surface area (Å²) < 4.78 is 5.43. The summed E-state index contributed by atoms with van der Waals surface area (Å²) in [6.45, 7) is 3.16. The number of amides is 1. The molecule has 2 N–H and O–H groups in total. The lowest BCUT2D eigenvalue weighted by atomic mass is 10.2. The molecule has 0 fully saturated rings. The van der Waals surface area contributed by atoms with E-state index in [9.17, 15) is 9.90 Å². The van der Waals surface area contributed by atoms with Crippen LogP contribution in [0.2, 0.25) is 0 Å². The van der Waals surface area contributed by atoms with Crippen molar-refractivity contribution in [1.29, 1.82) is 5.26 Å². The number of aliphatic hydroxyl groups excluding tert-OH is 1. The van der Waals surface area contributed by atoms with Crippen molar-refractivity contribution in [3.05, 3.63) is 29.8 Å². The summed E-state index contributed by atoms with van der Waals surface area (Å²) in [7, 11) is 1.76. The fraction of sp³-hybridized carbons (Fsp3) is 0.467. The van der Waals surface area contributed by atoms with Gasteiger partial charge in [-0.05, 0) is 38.2 Å². The molecular weight excluding hydrogens is 270 g/mol. The van der Waals surface area contributed by atoms with Crippen LogP contribution in [-0.2, 0) is 4.79 Å². The van der Waals surface area contributed by atoms with Crippen molar-refractivity contribution in [2.75, 3.05) is 33.3 Å². The summed E-state index contributed by atoms with van der Waals surface area (Å²) in [6, 6.07) is 8.70. The van der Waals surface area contributed by atoms with Crippen LogP contribution in [0, 0.1) is 11.3 Å². The molecule has 1 unspecified atom stereocenters. The molecule has 6 nitrogen and oxygen atoms in total. The van der Waals surface area contributed by atoms with Gasteiger partial charge in [-0.3, -0.25) is 9.69 Å². The van der Waals surface area contributed by atoms with E-state index in [0.717, 1.165) is 0 Å². The van der Waals surface area contributed by atoms with Gasteiger partial charge in [0.25, 0.3) is 0 Å². The van der Waals surface area contributed by atoms with E-state index in [1.54, 1.807) is 36.2 Å². The molecule has 0 aliphatic carbocycles. The zero-order chi connectivity index (χ0) is 15.7. The van der Waals surface area contributed by atoms with Gasteiger partial charge in [-0.2, -0.15) is 5.26 Å². The molecular formula is C15H21N3O3. The highest BCUT2D eigenvalue weighted by Gasteiger charge is 2.11. The largest absolute Gasteiger partial charge is 0.491 e. The van der Waals surface area contributed by atoms with Crippen molar-refractivity contribution < 1.29 is 14.6 Å². The minimum absolute atomic E-state index is 0.0692. The first-order chi connectivity index (χ1) is 10.0. The summed E-state index contributed by atoms with van der Waals surface area (Å²) in [5.41, 5.74) is 0.560. The number of hydrogen-bond acceptors (Lipinski definition) is 5. The Kier molecular flexibility index (Phi) is 7.23. The molecule has 1 atom stereocenters. The second kappa shape index (κ2) is 8.95. The molecule has 6 heteroatoms. The molecule has 1 aromatic rings. The third-order valence-corrected chi connectivity index (χ3v) is 2.74. The summed E-state index contributed by atoms with van der Waals surface area (Å²) in [5.74, 6) is 0.527. The number of nitrogens with one attached hydrogen (secondary N) is 1. The van der Waals surface area contributed by atoms with Gasteiger partial charge >= 0.3 is 0 Å². The van der Waals surface area contributed by atoms with Crippen LogP contribution in [0.5, 0.6) is 5.75 Å². The molecule has 1 aromatic carbocycles. The van der Waals surface area contributed by atoms with Crippen molar-refractivity contribution in [3.63, 3.8) is 0 Å². The van der Waals surface area contributed by atoms with Gasteiger partial charge in [0.1, 0.15) is 18.5 Å². The zero-order valence-corrected chi connectivity index (χ0v) is 12.4. The van der Waals surface area contributed by atoms with Crippen LogP contribution in [0.15, 0.2) is 24.3 Å². The molecule has 1 amide bonds. The highest BCUT2D eigenvalue weighted by atomic mass is 16.5. The van der Waals surface area contributed by atoms with Crippen molar-refractivity contribution >= 4 is 5.91 Å². The van der Waals surface area contributed by atoms with E-state index >= 15 is 0 Å². The van der Waals surface area contributed by atoms with Crippen LogP contribution < -0.4 is 10.1 Å². The van der Waals surface area contributed by atoms with Crippen molar-refractivity contribution in [2.45, 2.75) is 13.0 Å². The minimum Gasteiger partial charge on any atom is -0.491 e. The first-order valence-electron chi connectivity index (χ1n) is 6.81. The SMILES string of the molecule is CCNC(=O)CN(C)CC(O)COc1ccc(C#N)cc1. The van der Waals surface area contributed by atoms with E-state index in [-0.39, 0.29) is 19.1 Å². The number of aliphatic hydroxyl groups is 1. The molecule has 0 spiro atoms. The Morgan fingerprint density at radius 1 is 1.48 bits per heavy atom. The standard InChI is InChI=1S/C15H21N3O3/c1-3-17-15(20)10-18(2)9-13(19)11-21-14-6-4-12(8-16)5-7-14/h4-7,13,19H,3,9-11H2,1-2H3,(H,17,20). The fourth-order valence-corrected chi connectivity index (χ4v) is 1.79. The first-order valence-corrected chi connectivity index (χ1v) is 6.81. The number of likely N-dealkylation sites (N-methyl/N-ethyl adjacent to an activating group) is 2. The van der Waals surface area contributed by atoms with Gasteiger partial charge in [-0.25, -0.2) is 0 Å². The van der Waals surface area contributed by atoms with Crippen LogP contribution in [0.1, 0.15) is 12.5 Å². The van der Waals surface area contributed by atoms with E-state index in [2.05, 4.69) is 5.32 Å². The number of carbonyl (C=O) groups is 1. The predicted octanol–water partition coefficient (Wildman–Crippen LogP) is 0.366. The van der Waals surface area contributed by atoms with Gasteiger partial charge in [0.15, 0.2) is 0 Å². The smallest absolute Gasteiger partial charge is 0.234 e. The van der Waals surface area contributed by atoms with Gasteiger partial charge in [-0.1, -0.05) is 0 Å². The topological polar surface area (TPSA) is 85.6 Å². The Morgan fingerprint density at radius 2 is 2.14 bits per heavy atom. The molecule has 114 valence electrons. The van der Waals surface area contributed by atoms with Crippen LogP contribution in [0.25, 0.3) is 0 Å². The Hall–Kier alpha value is -2.10. The van der Waals surface area contributed by atoms with Crippen molar-refractivity contribution in [2.24, 2.45) is 0 Å². The Balaban J connectivity index is 2.31. The Labute approximate surface area is 124 Å². The first kappa shape index (κ1) is 17.0. The van der Waals surface area contributed by atoms with Crippen molar-refractivity contribution in [3.8, 4) is 11.8 Å². The summed E-state index contributed by atoms with van der Waals surface area (Å²) in [5, 5.41) is 21.3. The zero-order valence-electron chi connectivity index (χ0n) is 12.4. The van der Waals surface area contributed by atoms with E-state index < -0.39 is 6.10 Å². The summed E-state index contributed by atoms with van der Waals surface area (Å²) in [6.07, 6.45) is -0.694. The Bertz CT molecular complexity index is 482. The van der Waals surface area contributed by atoms with Gasteiger partial charge in [0, 0.05) is 13.1 Å². The lowest BCUT2D eigenvalue weighted by Gasteiger charge is -2.20. The number of nitrogens with zero attached hydrogens (tertiary/aromatic N) is 2. The molecule has 0 aromatic heterocycles. The molecule has 0 radical (unpaired) electrons. The van der Waals surface area contributed by atoms with Gasteiger partial charge < -0.3 is 15.2 Å². The van der Waals surface area contributed by atoms with E-state index in [1.165, 1.54) is 0 Å². The number of nitriles is 1. The van der Waals surface area contributed by atoms with Crippen LogP contribution in [0.3, 0.4) is 0 Å². The van der Waals surface area contributed by atoms with E-state index in [4.69, 9.17) is 10.00 Å². The maximum atomic E-state index is 11.4.